The van der Waals surface area contributed by atoms with Crippen molar-refractivity contribution in [2.45, 2.75) is 58.4 Å². The molecule has 2 aliphatic rings. The van der Waals surface area contributed by atoms with Crippen LogP contribution in [-0.2, 0) is 19.0 Å². The average molecular weight is 498 g/mol. The Morgan fingerprint density at radius 3 is 2.73 bits per heavy atom. The van der Waals surface area contributed by atoms with E-state index in [2.05, 4.69) is 46.1 Å². The van der Waals surface area contributed by atoms with Crippen molar-refractivity contribution in [3.8, 4) is 11.3 Å². The molecule has 37 heavy (non-hydrogen) atoms. The van der Waals surface area contributed by atoms with Crippen LogP contribution in [0.25, 0.3) is 22.2 Å². The summed E-state index contributed by atoms with van der Waals surface area (Å²) in [5, 5.41) is 9.23. The van der Waals surface area contributed by atoms with Gasteiger partial charge < -0.3 is 8.98 Å². The molecule has 0 amide bonds. The summed E-state index contributed by atoms with van der Waals surface area (Å²) in [5.41, 5.74) is 4.83. The fourth-order valence-corrected chi connectivity index (χ4v) is 6.72. The molecule has 0 bridgehead atoms. The predicted molar refractivity (Wildman–Crippen MR) is 144 cm³/mol. The minimum Gasteiger partial charge on any atom is -0.463 e. The number of hydrogen-bond acceptors (Lipinski definition) is 6. The summed E-state index contributed by atoms with van der Waals surface area (Å²) in [6.07, 6.45) is 9.65. The molecule has 1 atom stereocenters. The predicted octanol–water partition coefficient (Wildman–Crippen LogP) is 5.24. The highest BCUT2D eigenvalue weighted by molar-refractivity contribution is 5.84. The van der Waals surface area contributed by atoms with Crippen LogP contribution in [0, 0.1) is 18.8 Å². The molecular formula is C30H35N5O2. The number of nitrogens with zero attached hydrogens (tertiary/aromatic N) is 5. The third-order valence-electron chi connectivity index (χ3n) is 8.39. The van der Waals surface area contributed by atoms with Crippen molar-refractivity contribution in [2.24, 2.45) is 18.9 Å². The second kappa shape index (κ2) is 9.21. The van der Waals surface area contributed by atoms with Crippen molar-refractivity contribution in [3.63, 3.8) is 0 Å². The molecule has 1 aliphatic carbocycles. The first kappa shape index (κ1) is 24.0. The largest absolute Gasteiger partial charge is 0.463 e. The van der Waals surface area contributed by atoms with Crippen LogP contribution in [0.2, 0.25) is 0 Å². The smallest absolute Gasteiger partial charge is 0.202 e. The number of fused-ring (bicyclic) bond motifs is 1. The summed E-state index contributed by atoms with van der Waals surface area (Å²) in [7, 11) is 1.99. The Morgan fingerprint density at radius 2 is 2.00 bits per heavy atom. The van der Waals surface area contributed by atoms with Gasteiger partial charge in [-0.15, -0.1) is 10.2 Å². The van der Waals surface area contributed by atoms with Gasteiger partial charge in [0, 0.05) is 26.3 Å². The maximum Gasteiger partial charge on any atom is 0.202 e. The van der Waals surface area contributed by atoms with Gasteiger partial charge in [0.25, 0.3) is 0 Å². The minimum atomic E-state index is -0.214. The van der Waals surface area contributed by atoms with Gasteiger partial charge >= 0.3 is 0 Å². The van der Waals surface area contributed by atoms with E-state index in [0.29, 0.717) is 34.1 Å². The fraction of sp³-hybridized carbons (Fsp3) is 0.467. The van der Waals surface area contributed by atoms with Gasteiger partial charge in [-0.05, 0) is 85.9 Å². The number of aromatic nitrogens is 4. The molecule has 7 nitrogen and oxygen atoms in total. The van der Waals surface area contributed by atoms with Crippen LogP contribution < -0.4 is 5.43 Å². The van der Waals surface area contributed by atoms with Crippen LogP contribution in [-0.4, -0.2) is 37.7 Å². The normalized spacial score (nSPS) is 24.3. The highest BCUT2D eigenvalue weighted by atomic mass is 16.3. The van der Waals surface area contributed by atoms with Crippen molar-refractivity contribution in [1.82, 2.24) is 24.6 Å². The van der Waals surface area contributed by atoms with Crippen LogP contribution in [0.5, 0.6) is 0 Å². The third kappa shape index (κ3) is 4.19. The molecule has 0 unspecified atom stereocenters. The van der Waals surface area contributed by atoms with Crippen LogP contribution in [0.4, 0.5) is 0 Å². The molecule has 0 N–H and O–H groups in total. The van der Waals surface area contributed by atoms with E-state index in [-0.39, 0.29) is 10.8 Å². The zero-order chi connectivity index (χ0) is 25.7. The molecule has 2 fully saturated rings. The standard InChI is InChI=1S/C30H35N5O2/c1-19-6-5-9-35(15-19)16-22-10-21(3)28-24(11-22)27(36)25(17-37-28)26-12-23(7-8-31-26)30(13-20(2)14-30)29-33-32-18-34(29)4/h7-8,10-12,17-20H,5-6,9,13-16H2,1-4H3/t19-,20?,30?/m0/s1. The highest BCUT2D eigenvalue weighted by Gasteiger charge is 2.48. The molecule has 7 heteroatoms. The van der Waals surface area contributed by atoms with E-state index in [4.69, 9.17) is 4.42 Å². The van der Waals surface area contributed by atoms with E-state index in [1.54, 1.807) is 18.8 Å². The van der Waals surface area contributed by atoms with Crippen molar-refractivity contribution in [1.29, 1.82) is 0 Å². The lowest BCUT2D eigenvalue weighted by Gasteiger charge is -2.46. The first-order valence-electron chi connectivity index (χ1n) is 13.4. The molecule has 1 aromatic carbocycles. The number of hydrogen-bond donors (Lipinski definition) is 0. The second-order valence-corrected chi connectivity index (χ2v) is 11.5. The number of pyridine rings is 1. The Labute approximate surface area is 217 Å². The van der Waals surface area contributed by atoms with Gasteiger partial charge in [0.15, 0.2) is 0 Å². The lowest BCUT2D eigenvalue weighted by atomic mass is 9.58. The lowest BCUT2D eigenvalue weighted by Crippen LogP contribution is -2.43. The number of piperidine rings is 1. The molecule has 0 radical (unpaired) electrons. The molecular weight excluding hydrogens is 462 g/mol. The number of rotatable bonds is 5. The van der Waals surface area contributed by atoms with Crippen molar-refractivity contribution in [3.05, 3.63) is 75.8 Å². The van der Waals surface area contributed by atoms with Gasteiger partial charge in [-0.2, -0.15) is 0 Å². The van der Waals surface area contributed by atoms with E-state index in [9.17, 15) is 4.79 Å². The van der Waals surface area contributed by atoms with Crippen molar-refractivity contribution < 1.29 is 4.42 Å². The zero-order valence-corrected chi connectivity index (χ0v) is 22.2. The summed E-state index contributed by atoms with van der Waals surface area (Å²) >= 11 is 0. The van der Waals surface area contributed by atoms with E-state index >= 15 is 0 Å². The second-order valence-electron chi connectivity index (χ2n) is 11.5. The average Bonchev–Trinajstić information content (AvgIpc) is 3.28. The summed E-state index contributed by atoms with van der Waals surface area (Å²) in [6, 6.07) is 8.28. The van der Waals surface area contributed by atoms with Gasteiger partial charge in [-0.1, -0.05) is 19.9 Å². The van der Waals surface area contributed by atoms with Crippen LogP contribution >= 0.6 is 0 Å². The van der Waals surface area contributed by atoms with Crippen LogP contribution in [0.15, 0.2) is 52.3 Å². The maximum atomic E-state index is 13.8. The minimum absolute atomic E-state index is 0.0300. The molecule has 192 valence electrons. The van der Waals surface area contributed by atoms with Gasteiger partial charge in [-0.25, -0.2) is 0 Å². The molecule has 1 aliphatic heterocycles. The van der Waals surface area contributed by atoms with E-state index in [1.165, 1.54) is 12.8 Å². The van der Waals surface area contributed by atoms with Gasteiger partial charge in [0.05, 0.1) is 22.1 Å². The van der Waals surface area contributed by atoms with Crippen molar-refractivity contribution >= 4 is 11.0 Å². The maximum absolute atomic E-state index is 13.8. The third-order valence-corrected chi connectivity index (χ3v) is 8.39. The summed E-state index contributed by atoms with van der Waals surface area (Å²) < 4.78 is 8.07. The van der Waals surface area contributed by atoms with Gasteiger partial charge in [-0.3, -0.25) is 14.7 Å². The molecule has 1 saturated carbocycles. The highest BCUT2D eigenvalue weighted by Crippen LogP contribution is 2.51. The zero-order valence-electron chi connectivity index (χ0n) is 22.2. The SMILES string of the molecule is Cc1cc(CN2CCC[C@H](C)C2)cc2c(=O)c(-c3cc(C4(c5nncn5C)CC(C)C4)ccn3)coc12. The summed E-state index contributed by atoms with van der Waals surface area (Å²) in [5.74, 6) is 2.28. The van der Waals surface area contributed by atoms with Crippen LogP contribution in [0.1, 0.15) is 62.0 Å². The molecule has 4 aromatic rings. The molecule has 6 rings (SSSR count). The van der Waals surface area contributed by atoms with Gasteiger partial charge in [0.2, 0.25) is 5.43 Å². The Bertz CT molecular complexity index is 1510. The van der Waals surface area contributed by atoms with E-state index < -0.39 is 0 Å². The lowest BCUT2D eigenvalue weighted by molar-refractivity contribution is 0.176. The Hall–Kier alpha value is -3.32. The van der Waals surface area contributed by atoms with Crippen LogP contribution in [0.3, 0.4) is 0 Å². The Kier molecular flexibility index (Phi) is 5.98. The number of aryl methyl sites for hydroxylation is 2. The summed E-state index contributed by atoms with van der Waals surface area (Å²) in [6.45, 7) is 9.68. The fourth-order valence-electron chi connectivity index (χ4n) is 6.72. The molecule has 3 aromatic heterocycles. The Morgan fingerprint density at radius 1 is 1.16 bits per heavy atom. The van der Waals surface area contributed by atoms with Crippen molar-refractivity contribution in [2.75, 3.05) is 13.1 Å². The first-order valence-corrected chi connectivity index (χ1v) is 13.4. The number of likely N-dealkylation sites (tertiary alicyclic amines) is 1. The van der Waals surface area contributed by atoms with E-state index in [1.807, 2.05) is 30.7 Å². The van der Waals surface area contributed by atoms with Gasteiger partial charge in [0.1, 0.15) is 24.0 Å². The molecule has 0 spiro atoms. The monoisotopic (exact) mass is 497 g/mol. The molecule has 4 heterocycles. The molecule has 1 saturated heterocycles. The topological polar surface area (TPSA) is 77.1 Å². The number of benzene rings is 1. The Balaban J connectivity index is 1.39. The van der Waals surface area contributed by atoms with E-state index in [0.717, 1.165) is 55.0 Å². The summed E-state index contributed by atoms with van der Waals surface area (Å²) in [4.78, 5) is 20.9. The first-order chi connectivity index (χ1) is 17.8. The quantitative estimate of drug-likeness (QED) is 0.375.